The quantitative estimate of drug-likeness (QED) is 0.925. The summed E-state index contributed by atoms with van der Waals surface area (Å²) in [6.45, 7) is 0.0289. The molecule has 0 spiro atoms. The number of rotatable bonds is 4. The van der Waals surface area contributed by atoms with Crippen LogP contribution < -0.4 is 5.56 Å². The number of methoxy groups -OCH3 is 1. The molecule has 0 aliphatic heterocycles. The Morgan fingerprint density at radius 2 is 1.95 bits per heavy atom. The van der Waals surface area contributed by atoms with Gasteiger partial charge in [0.05, 0.1) is 6.61 Å². The molecule has 0 fully saturated rings. The van der Waals surface area contributed by atoms with Crippen LogP contribution in [-0.4, -0.2) is 22.8 Å². The molecule has 20 heavy (non-hydrogen) atoms. The molecule has 2 rings (SSSR count). The first kappa shape index (κ1) is 14.0. The molecule has 104 valence electrons. The van der Waals surface area contributed by atoms with Gasteiger partial charge in [0.25, 0.3) is 5.56 Å². The highest BCUT2D eigenvalue weighted by Gasteiger charge is 2.17. The van der Waals surface area contributed by atoms with Crippen LogP contribution in [0.2, 0.25) is 0 Å². The Morgan fingerprint density at radius 3 is 2.50 bits per heavy atom. The molecule has 0 amide bonds. The second kappa shape index (κ2) is 5.66. The second-order valence-electron chi connectivity index (χ2n) is 4.11. The molecule has 2 aromatic rings. The normalized spacial score (nSPS) is 10.5. The molecule has 1 aromatic carbocycles. The van der Waals surface area contributed by atoms with Crippen LogP contribution >= 0.6 is 0 Å². The Bertz CT molecular complexity index is 691. The minimum Gasteiger partial charge on any atom is -0.477 e. The fraction of sp³-hybridized carbons (Fsp3) is 0.143. The number of ether oxygens (including phenoxy) is 1. The maximum Gasteiger partial charge on any atom is 0.341 e. The van der Waals surface area contributed by atoms with Crippen molar-refractivity contribution in [2.45, 2.75) is 6.61 Å². The first-order valence-corrected chi connectivity index (χ1v) is 5.77. The van der Waals surface area contributed by atoms with Gasteiger partial charge in [-0.15, -0.1) is 0 Å². The number of hydrogen-bond acceptors (Lipinski definition) is 3. The van der Waals surface area contributed by atoms with Crippen molar-refractivity contribution in [1.29, 1.82) is 0 Å². The van der Waals surface area contributed by atoms with Crippen LogP contribution in [0.25, 0.3) is 5.69 Å². The maximum absolute atomic E-state index is 12.9. The Balaban J connectivity index is 2.62. The van der Waals surface area contributed by atoms with Gasteiger partial charge in [-0.25, -0.2) is 9.18 Å². The molecule has 1 N–H and O–H groups in total. The summed E-state index contributed by atoms with van der Waals surface area (Å²) in [6.07, 6.45) is 1.44. The summed E-state index contributed by atoms with van der Waals surface area (Å²) in [5.74, 6) is -1.75. The van der Waals surface area contributed by atoms with Gasteiger partial charge in [-0.2, -0.15) is 0 Å². The monoisotopic (exact) mass is 277 g/mol. The number of carbonyl (C=O) groups is 1. The Hall–Kier alpha value is -2.47. The van der Waals surface area contributed by atoms with Gasteiger partial charge >= 0.3 is 5.97 Å². The molecule has 0 aliphatic rings. The van der Waals surface area contributed by atoms with Crippen molar-refractivity contribution in [3.05, 3.63) is 63.8 Å². The molecule has 0 aliphatic carbocycles. The van der Waals surface area contributed by atoms with Gasteiger partial charge in [-0.3, -0.25) is 9.36 Å². The van der Waals surface area contributed by atoms with E-state index in [1.54, 1.807) is 0 Å². The molecule has 1 heterocycles. The van der Waals surface area contributed by atoms with Crippen LogP contribution in [0.3, 0.4) is 0 Å². The average molecular weight is 277 g/mol. The van der Waals surface area contributed by atoms with Crippen molar-refractivity contribution in [3.8, 4) is 5.69 Å². The van der Waals surface area contributed by atoms with Crippen molar-refractivity contribution < 1.29 is 19.0 Å². The van der Waals surface area contributed by atoms with Crippen molar-refractivity contribution in [1.82, 2.24) is 4.57 Å². The third-order valence-electron chi connectivity index (χ3n) is 2.80. The van der Waals surface area contributed by atoms with Gasteiger partial charge in [0, 0.05) is 19.0 Å². The molecular weight excluding hydrogens is 265 g/mol. The van der Waals surface area contributed by atoms with E-state index >= 15 is 0 Å². The lowest BCUT2D eigenvalue weighted by atomic mass is 10.1. The lowest BCUT2D eigenvalue weighted by molar-refractivity contribution is 0.0689. The second-order valence-corrected chi connectivity index (χ2v) is 4.11. The number of aromatic nitrogens is 1. The molecule has 0 bridgehead atoms. The molecule has 5 nitrogen and oxygen atoms in total. The zero-order chi connectivity index (χ0) is 14.7. The highest BCUT2D eigenvalue weighted by atomic mass is 19.1. The predicted molar refractivity (Wildman–Crippen MR) is 69.7 cm³/mol. The molecule has 0 saturated carbocycles. The van der Waals surface area contributed by atoms with Crippen LogP contribution in [0, 0.1) is 5.82 Å². The third kappa shape index (κ3) is 2.60. The van der Waals surface area contributed by atoms with E-state index in [0.717, 1.165) is 4.57 Å². The molecular formula is C14H12FNO4. The van der Waals surface area contributed by atoms with E-state index in [9.17, 15) is 14.0 Å². The lowest BCUT2D eigenvalue weighted by Gasteiger charge is -2.10. The van der Waals surface area contributed by atoms with Crippen molar-refractivity contribution in [2.24, 2.45) is 0 Å². The number of pyridine rings is 1. The Kier molecular flexibility index (Phi) is 3.95. The highest BCUT2D eigenvalue weighted by molar-refractivity contribution is 5.89. The zero-order valence-corrected chi connectivity index (χ0v) is 10.7. The van der Waals surface area contributed by atoms with Crippen LogP contribution in [-0.2, 0) is 11.3 Å². The first-order chi connectivity index (χ1) is 9.54. The standard InChI is InChI=1S/C14H12FNO4/c1-20-8-9-6-7-16(13(17)12(9)14(18)19)11-4-2-10(15)3-5-11/h2-7H,8H2,1H3,(H,18,19). The van der Waals surface area contributed by atoms with Gasteiger partial charge < -0.3 is 9.84 Å². The van der Waals surface area contributed by atoms with E-state index < -0.39 is 17.3 Å². The Labute approximate surface area is 113 Å². The average Bonchev–Trinajstić information content (AvgIpc) is 2.40. The smallest absolute Gasteiger partial charge is 0.341 e. The number of hydrogen-bond donors (Lipinski definition) is 1. The number of carboxylic acids is 1. The van der Waals surface area contributed by atoms with Crippen molar-refractivity contribution >= 4 is 5.97 Å². The molecule has 0 atom stereocenters. The van der Waals surface area contributed by atoms with Gasteiger partial charge in [0.15, 0.2) is 0 Å². The van der Waals surface area contributed by atoms with E-state index in [2.05, 4.69) is 0 Å². The van der Waals surface area contributed by atoms with Gasteiger partial charge in [-0.05, 0) is 35.9 Å². The van der Waals surface area contributed by atoms with Crippen LogP contribution in [0.1, 0.15) is 15.9 Å². The summed E-state index contributed by atoms with van der Waals surface area (Å²) in [5, 5.41) is 9.16. The first-order valence-electron chi connectivity index (χ1n) is 5.77. The zero-order valence-electron chi connectivity index (χ0n) is 10.7. The molecule has 0 unspecified atom stereocenters. The largest absolute Gasteiger partial charge is 0.477 e. The van der Waals surface area contributed by atoms with Crippen LogP contribution in [0.5, 0.6) is 0 Å². The number of carboxylic acid groups (broad SMARTS) is 1. The van der Waals surface area contributed by atoms with Gasteiger partial charge in [0.2, 0.25) is 0 Å². The summed E-state index contributed by atoms with van der Waals surface area (Å²) in [5.41, 5.74) is -0.344. The van der Waals surface area contributed by atoms with E-state index in [4.69, 9.17) is 9.84 Å². The summed E-state index contributed by atoms with van der Waals surface area (Å²) >= 11 is 0. The molecule has 1 aromatic heterocycles. The maximum atomic E-state index is 12.9. The summed E-state index contributed by atoms with van der Waals surface area (Å²) in [7, 11) is 1.41. The topological polar surface area (TPSA) is 68.5 Å². The minimum atomic E-state index is -1.32. The lowest BCUT2D eigenvalue weighted by Crippen LogP contribution is -2.27. The van der Waals surface area contributed by atoms with E-state index in [0.29, 0.717) is 11.3 Å². The number of nitrogens with zero attached hydrogens (tertiary/aromatic N) is 1. The fourth-order valence-electron chi connectivity index (χ4n) is 1.88. The molecule has 0 radical (unpaired) electrons. The Morgan fingerprint density at radius 1 is 1.30 bits per heavy atom. The fourth-order valence-corrected chi connectivity index (χ4v) is 1.88. The van der Waals surface area contributed by atoms with Crippen LogP contribution in [0.4, 0.5) is 4.39 Å². The summed E-state index contributed by atoms with van der Waals surface area (Å²) < 4.78 is 18.9. The summed E-state index contributed by atoms with van der Waals surface area (Å²) in [4.78, 5) is 23.5. The third-order valence-corrected chi connectivity index (χ3v) is 2.80. The van der Waals surface area contributed by atoms with Crippen molar-refractivity contribution in [3.63, 3.8) is 0 Å². The molecule has 6 heteroatoms. The summed E-state index contributed by atoms with van der Waals surface area (Å²) in [6, 6.07) is 6.70. The van der Waals surface area contributed by atoms with Crippen molar-refractivity contribution in [2.75, 3.05) is 7.11 Å². The van der Waals surface area contributed by atoms with Gasteiger partial charge in [-0.1, -0.05) is 0 Å². The number of benzene rings is 1. The number of aromatic carboxylic acids is 1. The highest BCUT2D eigenvalue weighted by Crippen LogP contribution is 2.11. The predicted octanol–water partition coefficient (Wildman–Crippen LogP) is 1.82. The van der Waals surface area contributed by atoms with Crippen LogP contribution in [0.15, 0.2) is 41.3 Å². The minimum absolute atomic E-state index is 0.0289. The van der Waals surface area contributed by atoms with Gasteiger partial charge in [0.1, 0.15) is 11.4 Å². The van der Waals surface area contributed by atoms with E-state index in [1.807, 2.05) is 0 Å². The molecule has 0 saturated heterocycles. The SMILES string of the molecule is COCc1ccn(-c2ccc(F)cc2)c(=O)c1C(=O)O. The van der Waals surface area contributed by atoms with E-state index in [1.165, 1.54) is 43.6 Å². The number of halogens is 1. The van der Waals surface area contributed by atoms with E-state index in [-0.39, 0.29) is 12.2 Å².